The molecule has 0 amide bonds. The van der Waals surface area contributed by atoms with E-state index >= 15 is 0 Å². The fourth-order valence-corrected chi connectivity index (χ4v) is 3.77. The molecule has 0 radical (unpaired) electrons. The number of carboxylic acids is 1. The minimum atomic E-state index is -0.789. The largest absolute Gasteiger partial charge is 0.478 e. The number of epoxide rings is 2. The van der Waals surface area contributed by atoms with Gasteiger partial charge in [-0.3, -0.25) is 0 Å². The van der Waals surface area contributed by atoms with Gasteiger partial charge in [-0.2, -0.15) is 0 Å². The summed E-state index contributed by atoms with van der Waals surface area (Å²) in [6, 6.07) is 0. The Hall–Kier alpha value is -1.13. The molecule has 1 N–H and O–H groups in total. The molecule has 4 nitrogen and oxygen atoms in total. The first-order valence-electron chi connectivity index (χ1n) is 7.06. The van der Waals surface area contributed by atoms with Crippen LogP contribution in [0.3, 0.4) is 0 Å². The molecule has 0 aromatic carbocycles. The van der Waals surface area contributed by atoms with Crippen molar-refractivity contribution >= 4 is 5.97 Å². The van der Waals surface area contributed by atoms with Crippen molar-refractivity contribution in [3.05, 3.63) is 22.8 Å². The summed E-state index contributed by atoms with van der Waals surface area (Å²) in [4.78, 5) is 11.6. The van der Waals surface area contributed by atoms with E-state index in [-0.39, 0.29) is 24.2 Å². The Morgan fingerprint density at radius 1 is 1.21 bits per heavy atom. The highest BCUT2D eigenvalue weighted by Gasteiger charge is 2.53. The first-order valence-corrected chi connectivity index (χ1v) is 7.06. The van der Waals surface area contributed by atoms with Crippen LogP contribution in [0.25, 0.3) is 0 Å². The zero-order valence-electron chi connectivity index (χ0n) is 11.1. The number of fused-ring (bicyclic) bond motifs is 2. The fraction of sp³-hybridized carbons (Fsp3) is 0.667. The highest BCUT2D eigenvalue weighted by Crippen LogP contribution is 2.50. The fourth-order valence-electron chi connectivity index (χ4n) is 3.77. The van der Waals surface area contributed by atoms with Gasteiger partial charge in [0.2, 0.25) is 0 Å². The quantitative estimate of drug-likeness (QED) is 0.772. The van der Waals surface area contributed by atoms with Crippen LogP contribution in [0, 0.1) is 11.8 Å². The predicted molar refractivity (Wildman–Crippen MR) is 67.6 cm³/mol. The van der Waals surface area contributed by atoms with Gasteiger partial charge >= 0.3 is 5.97 Å². The molecule has 0 spiro atoms. The molecule has 0 aromatic rings. The molecule has 4 rings (SSSR count). The standard InChI is InChI=1S/C15H18O4/c1-6-3-9-10(18-9)5-8(6)13-12(15(16)17)7(2)4-11-14(13)19-11/h5-7,9-11,14H,3-4H2,1-2H3,(H,16,17). The van der Waals surface area contributed by atoms with Gasteiger partial charge in [0.05, 0.1) is 12.2 Å². The Morgan fingerprint density at radius 2 is 1.95 bits per heavy atom. The average molecular weight is 262 g/mol. The van der Waals surface area contributed by atoms with Crippen LogP contribution < -0.4 is 0 Å². The van der Waals surface area contributed by atoms with Gasteiger partial charge in [0, 0.05) is 5.57 Å². The van der Waals surface area contributed by atoms with E-state index in [1.54, 1.807) is 0 Å². The van der Waals surface area contributed by atoms with Crippen LogP contribution >= 0.6 is 0 Å². The Morgan fingerprint density at radius 3 is 2.68 bits per heavy atom. The minimum Gasteiger partial charge on any atom is -0.478 e. The summed E-state index contributed by atoms with van der Waals surface area (Å²) in [5.41, 5.74) is 2.68. The lowest BCUT2D eigenvalue weighted by molar-refractivity contribution is -0.133. The lowest BCUT2D eigenvalue weighted by Gasteiger charge is -2.26. The average Bonchev–Trinajstić information content (AvgIpc) is 3.19. The van der Waals surface area contributed by atoms with Crippen molar-refractivity contribution in [2.75, 3.05) is 0 Å². The molecular formula is C15H18O4. The topological polar surface area (TPSA) is 62.4 Å². The van der Waals surface area contributed by atoms with E-state index in [4.69, 9.17) is 9.47 Å². The van der Waals surface area contributed by atoms with Crippen LogP contribution in [0.2, 0.25) is 0 Å². The first-order chi connectivity index (χ1) is 9.06. The molecule has 4 heteroatoms. The van der Waals surface area contributed by atoms with Gasteiger partial charge in [-0.05, 0) is 41.9 Å². The summed E-state index contributed by atoms with van der Waals surface area (Å²) in [5, 5.41) is 9.54. The first kappa shape index (κ1) is 11.7. The molecular weight excluding hydrogens is 244 g/mol. The molecule has 0 saturated carbocycles. The van der Waals surface area contributed by atoms with Crippen molar-refractivity contribution in [3.63, 3.8) is 0 Å². The highest BCUT2D eigenvalue weighted by atomic mass is 16.6. The summed E-state index contributed by atoms with van der Waals surface area (Å²) < 4.78 is 11.2. The number of hydrogen-bond acceptors (Lipinski definition) is 3. The molecule has 2 fully saturated rings. The molecule has 0 bridgehead atoms. The maximum Gasteiger partial charge on any atom is 0.332 e. The maximum absolute atomic E-state index is 11.6. The van der Waals surface area contributed by atoms with E-state index < -0.39 is 5.97 Å². The third-order valence-electron chi connectivity index (χ3n) is 4.86. The lowest BCUT2D eigenvalue weighted by atomic mass is 9.75. The summed E-state index contributed by atoms with van der Waals surface area (Å²) in [7, 11) is 0. The van der Waals surface area contributed by atoms with E-state index in [0.29, 0.717) is 17.6 Å². The van der Waals surface area contributed by atoms with Gasteiger partial charge in [-0.15, -0.1) is 0 Å². The Bertz CT molecular complexity index is 518. The Labute approximate surface area is 112 Å². The SMILES string of the molecule is CC1CC2OC2C=C1C1=C(C(=O)O)C(C)CC2OC12. The van der Waals surface area contributed by atoms with Crippen molar-refractivity contribution < 1.29 is 19.4 Å². The second kappa shape index (κ2) is 3.70. The number of aliphatic carboxylic acids is 1. The van der Waals surface area contributed by atoms with E-state index in [9.17, 15) is 9.90 Å². The number of rotatable bonds is 2. The smallest absolute Gasteiger partial charge is 0.332 e. The number of carbonyl (C=O) groups is 1. The van der Waals surface area contributed by atoms with Crippen LogP contribution in [-0.4, -0.2) is 35.5 Å². The highest BCUT2D eigenvalue weighted by molar-refractivity contribution is 5.90. The number of ether oxygens (including phenoxy) is 2. The molecule has 102 valence electrons. The van der Waals surface area contributed by atoms with Crippen molar-refractivity contribution in [1.29, 1.82) is 0 Å². The van der Waals surface area contributed by atoms with Crippen LogP contribution in [-0.2, 0) is 14.3 Å². The molecule has 19 heavy (non-hydrogen) atoms. The number of hydrogen-bond donors (Lipinski definition) is 1. The van der Waals surface area contributed by atoms with Crippen LogP contribution in [0.1, 0.15) is 26.7 Å². The second-order valence-corrected chi connectivity index (χ2v) is 6.26. The van der Waals surface area contributed by atoms with Gasteiger partial charge < -0.3 is 14.6 Å². The molecule has 2 aliphatic carbocycles. The molecule has 2 aliphatic heterocycles. The summed E-state index contributed by atoms with van der Waals surface area (Å²) >= 11 is 0. The normalized spacial score (nSPS) is 47.2. The van der Waals surface area contributed by atoms with Gasteiger partial charge in [0.1, 0.15) is 12.2 Å². The van der Waals surface area contributed by atoms with E-state index in [1.165, 1.54) is 0 Å². The molecule has 2 saturated heterocycles. The van der Waals surface area contributed by atoms with Gasteiger partial charge in [-0.25, -0.2) is 4.79 Å². The third kappa shape index (κ3) is 1.70. The summed E-state index contributed by atoms with van der Waals surface area (Å²) in [6.45, 7) is 4.15. The van der Waals surface area contributed by atoms with Crippen molar-refractivity contribution in [2.45, 2.75) is 51.1 Å². The Balaban J connectivity index is 1.81. The zero-order valence-corrected chi connectivity index (χ0v) is 11.1. The van der Waals surface area contributed by atoms with Crippen LogP contribution in [0.5, 0.6) is 0 Å². The summed E-state index contributed by atoms with van der Waals surface area (Å²) in [6.07, 6.45) is 4.80. The predicted octanol–water partition coefficient (Wildman–Crippen LogP) is 1.91. The Kier molecular flexibility index (Phi) is 2.28. The molecule has 2 heterocycles. The van der Waals surface area contributed by atoms with E-state index in [2.05, 4.69) is 13.0 Å². The van der Waals surface area contributed by atoms with Gasteiger partial charge in [0.25, 0.3) is 0 Å². The third-order valence-corrected chi connectivity index (χ3v) is 4.86. The summed E-state index contributed by atoms with van der Waals surface area (Å²) in [5.74, 6) is -0.353. The minimum absolute atomic E-state index is 0.0197. The monoisotopic (exact) mass is 262 g/mol. The molecule has 6 unspecified atom stereocenters. The van der Waals surface area contributed by atoms with Crippen LogP contribution in [0.4, 0.5) is 0 Å². The van der Waals surface area contributed by atoms with Crippen molar-refractivity contribution in [1.82, 2.24) is 0 Å². The lowest BCUT2D eigenvalue weighted by Crippen LogP contribution is -2.26. The second-order valence-electron chi connectivity index (χ2n) is 6.26. The van der Waals surface area contributed by atoms with Gasteiger partial charge in [0.15, 0.2) is 0 Å². The van der Waals surface area contributed by atoms with Crippen LogP contribution in [0.15, 0.2) is 22.8 Å². The van der Waals surface area contributed by atoms with E-state index in [1.807, 2.05) is 6.92 Å². The maximum atomic E-state index is 11.6. The molecule has 0 aromatic heterocycles. The van der Waals surface area contributed by atoms with Crippen molar-refractivity contribution in [2.24, 2.45) is 11.8 Å². The molecule has 4 aliphatic rings. The van der Waals surface area contributed by atoms with E-state index in [0.717, 1.165) is 24.0 Å². The van der Waals surface area contributed by atoms with Crippen molar-refractivity contribution in [3.8, 4) is 0 Å². The van der Waals surface area contributed by atoms with Gasteiger partial charge in [-0.1, -0.05) is 13.8 Å². The zero-order chi connectivity index (χ0) is 13.3. The molecule has 6 atom stereocenters. The number of carboxylic acid groups (broad SMARTS) is 1.